The molecular weight excluding hydrogens is 124 g/mol. The van der Waals surface area contributed by atoms with Gasteiger partial charge in [-0.15, -0.1) is 0 Å². The second kappa shape index (κ2) is 7.07. The van der Waals surface area contributed by atoms with E-state index in [1.165, 1.54) is 25.7 Å². The molecule has 0 saturated carbocycles. The summed E-state index contributed by atoms with van der Waals surface area (Å²) in [6.07, 6.45) is 5.68. The third kappa shape index (κ3) is 6.09. The van der Waals surface area contributed by atoms with Crippen LogP contribution in [0.25, 0.3) is 0 Å². The second-order valence-electron chi connectivity index (χ2n) is 2.88. The summed E-state index contributed by atoms with van der Waals surface area (Å²) in [7, 11) is 0. The van der Waals surface area contributed by atoms with Crippen molar-refractivity contribution in [1.82, 2.24) is 0 Å². The molecule has 0 amide bonds. The predicted octanol–water partition coefficient (Wildman–Crippen LogP) is 2.99. The van der Waals surface area contributed by atoms with Gasteiger partial charge in [0.1, 0.15) is 0 Å². The molecule has 1 nitrogen and oxygen atoms in total. The van der Waals surface area contributed by atoms with E-state index in [4.69, 9.17) is 4.74 Å². The lowest BCUT2D eigenvalue weighted by Crippen LogP contribution is -2.14. The molecular formula is C9H20O. The lowest BCUT2D eigenvalue weighted by Gasteiger charge is -2.17. The first-order valence-corrected chi connectivity index (χ1v) is 4.42. The molecule has 0 spiro atoms. The average Bonchev–Trinajstić information content (AvgIpc) is 1.91. The van der Waals surface area contributed by atoms with Gasteiger partial charge in [-0.25, -0.2) is 0 Å². The van der Waals surface area contributed by atoms with E-state index < -0.39 is 0 Å². The average molecular weight is 144 g/mol. The molecule has 0 aromatic carbocycles. The standard InChI is InChI=1S/C6H12O.C3H8/c1-6-4-2-3-5-7-6;1-3-2/h6H,2-5H2,1H3;3H2,1-2H3. The van der Waals surface area contributed by atoms with Gasteiger partial charge in [-0.3, -0.25) is 0 Å². The summed E-state index contributed by atoms with van der Waals surface area (Å²) in [6.45, 7) is 7.38. The Hall–Kier alpha value is -0.0400. The van der Waals surface area contributed by atoms with E-state index in [9.17, 15) is 0 Å². The molecule has 0 radical (unpaired) electrons. The summed E-state index contributed by atoms with van der Waals surface area (Å²) < 4.78 is 5.28. The quantitative estimate of drug-likeness (QED) is 0.508. The van der Waals surface area contributed by atoms with Crippen LogP contribution in [-0.2, 0) is 4.74 Å². The lowest BCUT2D eigenvalue weighted by atomic mass is 10.1. The van der Waals surface area contributed by atoms with Crippen LogP contribution in [0, 0.1) is 0 Å². The van der Waals surface area contributed by atoms with Crippen molar-refractivity contribution in [1.29, 1.82) is 0 Å². The van der Waals surface area contributed by atoms with Crippen molar-refractivity contribution in [2.45, 2.75) is 52.6 Å². The zero-order valence-corrected chi connectivity index (χ0v) is 7.52. The van der Waals surface area contributed by atoms with Gasteiger partial charge in [-0.2, -0.15) is 0 Å². The molecule has 0 aliphatic carbocycles. The highest BCUT2D eigenvalue weighted by atomic mass is 16.5. The van der Waals surface area contributed by atoms with Crippen LogP contribution in [0.5, 0.6) is 0 Å². The molecule has 1 rings (SSSR count). The largest absolute Gasteiger partial charge is 0.379 e. The summed E-state index contributed by atoms with van der Waals surface area (Å²) in [5.41, 5.74) is 0. The van der Waals surface area contributed by atoms with Crippen molar-refractivity contribution < 1.29 is 4.74 Å². The van der Waals surface area contributed by atoms with Gasteiger partial charge in [0.2, 0.25) is 0 Å². The van der Waals surface area contributed by atoms with Gasteiger partial charge in [-0.1, -0.05) is 20.3 Å². The highest BCUT2D eigenvalue weighted by Crippen LogP contribution is 2.10. The van der Waals surface area contributed by atoms with Gasteiger partial charge in [0.05, 0.1) is 6.10 Å². The van der Waals surface area contributed by atoms with Crippen LogP contribution in [0.4, 0.5) is 0 Å². The first kappa shape index (κ1) is 9.96. The number of ether oxygens (including phenoxy) is 1. The third-order valence-electron chi connectivity index (χ3n) is 1.41. The molecule has 0 bridgehead atoms. The number of hydrogen-bond donors (Lipinski definition) is 0. The van der Waals surface area contributed by atoms with E-state index in [1.807, 2.05) is 0 Å². The van der Waals surface area contributed by atoms with Gasteiger partial charge in [0, 0.05) is 6.61 Å². The molecule has 1 unspecified atom stereocenters. The number of hydrogen-bond acceptors (Lipinski definition) is 1. The normalized spacial score (nSPS) is 24.9. The monoisotopic (exact) mass is 144 g/mol. The van der Waals surface area contributed by atoms with E-state index in [-0.39, 0.29) is 0 Å². The summed E-state index contributed by atoms with van der Waals surface area (Å²) in [6, 6.07) is 0. The van der Waals surface area contributed by atoms with Crippen LogP contribution in [0.2, 0.25) is 0 Å². The number of rotatable bonds is 0. The van der Waals surface area contributed by atoms with Gasteiger partial charge < -0.3 is 4.74 Å². The van der Waals surface area contributed by atoms with Crippen molar-refractivity contribution in [2.75, 3.05) is 6.61 Å². The molecule has 10 heavy (non-hydrogen) atoms. The fraction of sp³-hybridized carbons (Fsp3) is 1.00. The second-order valence-corrected chi connectivity index (χ2v) is 2.88. The maximum absolute atomic E-state index is 5.28. The molecule has 1 aliphatic rings. The predicted molar refractivity (Wildman–Crippen MR) is 45.2 cm³/mol. The molecule has 0 aromatic heterocycles. The van der Waals surface area contributed by atoms with E-state index >= 15 is 0 Å². The summed E-state index contributed by atoms with van der Waals surface area (Å²) in [4.78, 5) is 0. The van der Waals surface area contributed by atoms with Crippen LogP contribution in [0.3, 0.4) is 0 Å². The SMILES string of the molecule is CC1CCCCO1.CCC. The zero-order chi connectivity index (χ0) is 7.82. The van der Waals surface area contributed by atoms with Crippen molar-refractivity contribution >= 4 is 0 Å². The Morgan fingerprint density at radius 2 is 1.90 bits per heavy atom. The summed E-state index contributed by atoms with van der Waals surface area (Å²) >= 11 is 0. The van der Waals surface area contributed by atoms with Crippen LogP contribution < -0.4 is 0 Å². The van der Waals surface area contributed by atoms with Crippen LogP contribution in [0.15, 0.2) is 0 Å². The Kier molecular flexibility index (Phi) is 7.04. The Bertz CT molecular complexity index is 55.7. The zero-order valence-electron chi connectivity index (χ0n) is 7.52. The molecule has 1 atom stereocenters. The Morgan fingerprint density at radius 1 is 1.30 bits per heavy atom. The molecule has 1 aliphatic heterocycles. The van der Waals surface area contributed by atoms with Gasteiger partial charge in [0.25, 0.3) is 0 Å². The van der Waals surface area contributed by atoms with Crippen molar-refractivity contribution in [3.8, 4) is 0 Å². The third-order valence-corrected chi connectivity index (χ3v) is 1.41. The van der Waals surface area contributed by atoms with Crippen LogP contribution >= 0.6 is 0 Å². The topological polar surface area (TPSA) is 9.23 Å². The Labute approximate surface area is 64.8 Å². The van der Waals surface area contributed by atoms with Gasteiger partial charge in [-0.05, 0) is 26.2 Å². The Balaban J connectivity index is 0.000000236. The molecule has 1 fully saturated rings. The van der Waals surface area contributed by atoms with E-state index in [2.05, 4.69) is 20.8 Å². The smallest absolute Gasteiger partial charge is 0.0547 e. The first-order chi connectivity index (χ1) is 4.81. The van der Waals surface area contributed by atoms with Crippen molar-refractivity contribution in [3.05, 3.63) is 0 Å². The van der Waals surface area contributed by atoms with E-state index in [0.717, 1.165) is 6.61 Å². The fourth-order valence-electron chi connectivity index (χ4n) is 0.902. The highest BCUT2D eigenvalue weighted by Gasteiger charge is 2.05. The van der Waals surface area contributed by atoms with Gasteiger partial charge in [0.15, 0.2) is 0 Å². The Morgan fingerprint density at radius 3 is 2.10 bits per heavy atom. The van der Waals surface area contributed by atoms with Crippen molar-refractivity contribution in [2.24, 2.45) is 0 Å². The minimum atomic E-state index is 0.536. The van der Waals surface area contributed by atoms with E-state index in [1.54, 1.807) is 0 Å². The minimum Gasteiger partial charge on any atom is -0.379 e. The first-order valence-electron chi connectivity index (χ1n) is 4.42. The lowest BCUT2D eigenvalue weighted by molar-refractivity contribution is 0.0285. The maximum Gasteiger partial charge on any atom is 0.0547 e. The van der Waals surface area contributed by atoms with Gasteiger partial charge >= 0.3 is 0 Å². The highest BCUT2D eigenvalue weighted by molar-refractivity contribution is 4.55. The van der Waals surface area contributed by atoms with E-state index in [0.29, 0.717) is 6.10 Å². The summed E-state index contributed by atoms with van der Waals surface area (Å²) in [5, 5.41) is 0. The van der Waals surface area contributed by atoms with Crippen molar-refractivity contribution in [3.63, 3.8) is 0 Å². The molecule has 1 heteroatoms. The molecule has 1 saturated heterocycles. The molecule has 0 N–H and O–H groups in total. The fourth-order valence-corrected chi connectivity index (χ4v) is 0.902. The minimum absolute atomic E-state index is 0.536. The molecule has 0 aromatic rings. The van der Waals surface area contributed by atoms with Crippen LogP contribution in [0.1, 0.15) is 46.5 Å². The maximum atomic E-state index is 5.28. The van der Waals surface area contributed by atoms with Crippen LogP contribution in [-0.4, -0.2) is 12.7 Å². The molecule has 1 heterocycles. The molecule has 62 valence electrons. The summed E-state index contributed by atoms with van der Waals surface area (Å²) in [5.74, 6) is 0.